The van der Waals surface area contributed by atoms with Gasteiger partial charge in [0.1, 0.15) is 11.5 Å². The Hall–Kier alpha value is -2.73. The number of anilines is 2. The lowest BCUT2D eigenvalue weighted by Gasteiger charge is -2.33. The van der Waals surface area contributed by atoms with Gasteiger partial charge in [-0.3, -0.25) is 9.59 Å². The van der Waals surface area contributed by atoms with Crippen molar-refractivity contribution in [3.8, 4) is 11.5 Å². The van der Waals surface area contributed by atoms with Crippen LogP contribution in [0.3, 0.4) is 0 Å². The van der Waals surface area contributed by atoms with E-state index in [4.69, 9.17) is 21.1 Å². The molecule has 1 unspecified atom stereocenters. The van der Waals surface area contributed by atoms with Crippen molar-refractivity contribution >= 4 is 34.8 Å². The van der Waals surface area contributed by atoms with Crippen molar-refractivity contribution in [1.29, 1.82) is 0 Å². The average molecular weight is 361 g/mol. The lowest BCUT2D eigenvalue weighted by atomic mass is 10.0. The number of benzene rings is 2. The van der Waals surface area contributed by atoms with Gasteiger partial charge in [0, 0.05) is 10.7 Å². The molecule has 130 valence electrons. The summed E-state index contributed by atoms with van der Waals surface area (Å²) < 4.78 is 11.0. The van der Waals surface area contributed by atoms with Crippen molar-refractivity contribution in [2.45, 2.75) is 19.4 Å². The molecule has 0 spiro atoms. The zero-order chi connectivity index (χ0) is 18.0. The largest absolute Gasteiger partial charge is 0.494 e. The summed E-state index contributed by atoms with van der Waals surface area (Å²) in [4.78, 5) is 25.0. The van der Waals surface area contributed by atoms with E-state index >= 15 is 0 Å². The lowest BCUT2D eigenvalue weighted by molar-refractivity contribution is -0.143. The Morgan fingerprint density at radius 1 is 1.28 bits per heavy atom. The van der Waals surface area contributed by atoms with Gasteiger partial charge >= 0.3 is 0 Å². The monoisotopic (exact) mass is 360 g/mol. The fourth-order valence-corrected chi connectivity index (χ4v) is 2.57. The normalized spacial score (nSPS) is 18.6. The second-order valence-electron chi connectivity index (χ2n) is 5.64. The maximum absolute atomic E-state index is 12.6. The maximum atomic E-state index is 12.6. The highest BCUT2D eigenvalue weighted by Crippen LogP contribution is 2.36. The van der Waals surface area contributed by atoms with E-state index in [1.807, 2.05) is 6.92 Å². The summed E-state index contributed by atoms with van der Waals surface area (Å²) in [6.07, 6.45) is 0. The molecule has 7 heteroatoms. The van der Waals surface area contributed by atoms with Crippen molar-refractivity contribution in [3.05, 3.63) is 47.5 Å². The smallest absolute Gasteiger partial charge is 0.278 e. The van der Waals surface area contributed by atoms with E-state index in [2.05, 4.69) is 10.6 Å². The molecule has 0 radical (unpaired) electrons. The molecule has 1 atom stereocenters. The topological polar surface area (TPSA) is 76.7 Å². The van der Waals surface area contributed by atoms with Crippen LogP contribution in [0.2, 0.25) is 5.02 Å². The van der Waals surface area contributed by atoms with Crippen molar-refractivity contribution in [2.75, 3.05) is 17.2 Å². The fraction of sp³-hybridized carbons (Fsp3) is 0.222. The van der Waals surface area contributed by atoms with Gasteiger partial charge in [-0.25, -0.2) is 0 Å². The Labute approximate surface area is 150 Å². The molecule has 0 aliphatic carbocycles. The number of hydrogen-bond acceptors (Lipinski definition) is 4. The van der Waals surface area contributed by atoms with Gasteiger partial charge in [0.15, 0.2) is 0 Å². The Bertz CT molecular complexity index is 822. The van der Waals surface area contributed by atoms with Crippen molar-refractivity contribution < 1.29 is 19.1 Å². The molecule has 0 saturated heterocycles. The van der Waals surface area contributed by atoms with Crippen molar-refractivity contribution in [3.63, 3.8) is 0 Å². The van der Waals surface area contributed by atoms with Gasteiger partial charge in [0.05, 0.1) is 12.3 Å². The summed E-state index contributed by atoms with van der Waals surface area (Å²) in [6, 6.07) is 11.7. The van der Waals surface area contributed by atoms with Gasteiger partial charge in [-0.2, -0.15) is 0 Å². The van der Waals surface area contributed by atoms with Gasteiger partial charge in [0.2, 0.25) is 0 Å². The standard InChI is InChI=1S/C18H17ClN2O4/c1-3-24-13-7-5-12(6-8-13)20-16(22)18(2)17(23)21-14-10-11(19)4-9-15(14)25-18/h4-10H,3H2,1-2H3,(H,20,22)(H,21,23). The minimum atomic E-state index is -1.70. The average Bonchev–Trinajstić information content (AvgIpc) is 2.58. The zero-order valence-corrected chi connectivity index (χ0v) is 14.5. The summed E-state index contributed by atoms with van der Waals surface area (Å²) in [5.74, 6) is -0.0574. The molecule has 2 N–H and O–H groups in total. The number of carbonyl (C=O) groups excluding carboxylic acids is 2. The van der Waals surface area contributed by atoms with E-state index in [0.717, 1.165) is 0 Å². The Balaban J connectivity index is 1.78. The third kappa shape index (κ3) is 3.39. The number of carbonyl (C=O) groups is 2. The van der Waals surface area contributed by atoms with Crippen LogP contribution in [-0.2, 0) is 9.59 Å². The van der Waals surface area contributed by atoms with E-state index in [1.54, 1.807) is 42.5 Å². The lowest BCUT2D eigenvalue weighted by Crippen LogP contribution is -2.56. The van der Waals surface area contributed by atoms with Crippen LogP contribution in [-0.4, -0.2) is 24.0 Å². The number of nitrogens with one attached hydrogen (secondary N) is 2. The van der Waals surface area contributed by atoms with Gasteiger partial charge in [0.25, 0.3) is 17.4 Å². The minimum Gasteiger partial charge on any atom is -0.494 e. The van der Waals surface area contributed by atoms with Crippen LogP contribution in [0.25, 0.3) is 0 Å². The SMILES string of the molecule is CCOc1ccc(NC(=O)C2(C)Oc3ccc(Cl)cc3NC2=O)cc1. The molecule has 2 aromatic carbocycles. The van der Waals surface area contributed by atoms with E-state index < -0.39 is 17.4 Å². The van der Waals surface area contributed by atoms with Crippen LogP contribution in [0.5, 0.6) is 11.5 Å². The molecule has 2 amide bonds. The number of ether oxygens (including phenoxy) is 2. The quantitative estimate of drug-likeness (QED) is 0.818. The third-order valence-corrected chi connectivity index (χ3v) is 4.03. The van der Waals surface area contributed by atoms with Crippen LogP contribution >= 0.6 is 11.6 Å². The van der Waals surface area contributed by atoms with E-state index in [-0.39, 0.29) is 0 Å². The van der Waals surface area contributed by atoms with E-state index in [1.165, 1.54) is 6.92 Å². The molecular formula is C18H17ClN2O4. The summed E-state index contributed by atoms with van der Waals surface area (Å²) in [7, 11) is 0. The second-order valence-corrected chi connectivity index (χ2v) is 6.08. The third-order valence-electron chi connectivity index (χ3n) is 3.79. The van der Waals surface area contributed by atoms with Crippen molar-refractivity contribution in [1.82, 2.24) is 0 Å². The molecule has 0 saturated carbocycles. The zero-order valence-electron chi connectivity index (χ0n) is 13.8. The second kappa shape index (κ2) is 6.64. The molecule has 0 bridgehead atoms. The van der Waals surface area contributed by atoms with E-state index in [9.17, 15) is 9.59 Å². The molecule has 0 aromatic heterocycles. The molecule has 2 aromatic rings. The summed E-state index contributed by atoms with van der Waals surface area (Å²) >= 11 is 5.90. The Morgan fingerprint density at radius 2 is 2.00 bits per heavy atom. The van der Waals surface area contributed by atoms with Crippen LogP contribution < -0.4 is 20.1 Å². The predicted molar refractivity (Wildman–Crippen MR) is 95.4 cm³/mol. The summed E-state index contributed by atoms with van der Waals surface area (Å²) in [6.45, 7) is 3.87. The van der Waals surface area contributed by atoms with Gasteiger partial charge < -0.3 is 20.1 Å². The number of fused-ring (bicyclic) bond motifs is 1. The first-order valence-electron chi connectivity index (χ1n) is 7.76. The molecule has 0 fully saturated rings. The number of rotatable bonds is 4. The Morgan fingerprint density at radius 3 is 2.68 bits per heavy atom. The maximum Gasteiger partial charge on any atom is 0.278 e. The molecule has 25 heavy (non-hydrogen) atoms. The summed E-state index contributed by atoms with van der Waals surface area (Å²) in [5, 5.41) is 5.81. The Kier molecular flexibility index (Phi) is 4.55. The van der Waals surface area contributed by atoms with Gasteiger partial charge in [-0.15, -0.1) is 0 Å². The first-order valence-corrected chi connectivity index (χ1v) is 8.14. The van der Waals surface area contributed by atoms with Crippen LogP contribution in [0.4, 0.5) is 11.4 Å². The summed E-state index contributed by atoms with van der Waals surface area (Å²) in [5.41, 5.74) is -0.726. The molecule has 3 rings (SSSR count). The number of halogens is 1. The molecule has 1 aliphatic rings. The molecule has 1 heterocycles. The van der Waals surface area contributed by atoms with Crippen LogP contribution in [0.15, 0.2) is 42.5 Å². The molecular weight excluding hydrogens is 344 g/mol. The van der Waals surface area contributed by atoms with Crippen LogP contribution in [0.1, 0.15) is 13.8 Å². The fourth-order valence-electron chi connectivity index (χ4n) is 2.40. The highest BCUT2D eigenvalue weighted by atomic mass is 35.5. The highest BCUT2D eigenvalue weighted by Gasteiger charge is 2.47. The molecule has 1 aliphatic heterocycles. The van der Waals surface area contributed by atoms with Gasteiger partial charge in [-0.05, 0) is 56.3 Å². The van der Waals surface area contributed by atoms with Crippen molar-refractivity contribution in [2.24, 2.45) is 0 Å². The molecule has 6 nitrogen and oxygen atoms in total. The van der Waals surface area contributed by atoms with E-state index in [0.29, 0.717) is 34.5 Å². The predicted octanol–water partition coefficient (Wildman–Crippen LogP) is 3.47. The first kappa shape index (κ1) is 17.1. The van der Waals surface area contributed by atoms with Gasteiger partial charge in [-0.1, -0.05) is 11.6 Å². The number of amides is 2. The first-order chi connectivity index (χ1) is 11.9. The minimum absolute atomic E-state index is 0.383. The highest BCUT2D eigenvalue weighted by molar-refractivity contribution is 6.31. The van der Waals surface area contributed by atoms with Crippen LogP contribution in [0, 0.1) is 0 Å². The number of hydrogen-bond donors (Lipinski definition) is 2.